The number of aryl methyl sites for hydroxylation is 1. The smallest absolute Gasteiger partial charge is 0.278 e. The predicted molar refractivity (Wildman–Crippen MR) is 241 cm³/mol. The lowest BCUT2D eigenvalue weighted by Crippen LogP contribution is -2.26. The minimum Gasteiger partial charge on any atom is -0.383 e. The van der Waals surface area contributed by atoms with E-state index in [9.17, 15) is 23.2 Å². The Labute approximate surface area is 364 Å². The molecule has 0 aliphatic carbocycles. The van der Waals surface area contributed by atoms with E-state index in [1.807, 2.05) is 32.9 Å². The van der Waals surface area contributed by atoms with Crippen LogP contribution in [0.2, 0.25) is 5.02 Å². The first kappa shape index (κ1) is 43.7. The summed E-state index contributed by atoms with van der Waals surface area (Å²) in [7, 11) is 1.57. The summed E-state index contributed by atoms with van der Waals surface area (Å²) >= 11 is 5.90. The van der Waals surface area contributed by atoms with E-state index in [-0.39, 0.29) is 40.0 Å². The molecule has 0 saturated heterocycles. The van der Waals surface area contributed by atoms with E-state index in [0.29, 0.717) is 80.7 Å². The molecule has 16 heteroatoms. The number of halogens is 3. The second-order valence-electron chi connectivity index (χ2n) is 14.2. The van der Waals surface area contributed by atoms with Crippen molar-refractivity contribution in [1.82, 2.24) is 43.6 Å². The van der Waals surface area contributed by atoms with Crippen molar-refractivity contribution >= 4 is 45.1 Å². The third-order valence-corrected chi connectivity index (χ3v) is 10.0. The Balaban J connectivity index is 0.000000142. The molecule has 6 aromatic heterocycles. The van der Waals surface area contributed by atoms with E-state index in [1.165, 1.54) is 28.8 Å². The number of methoxy groups -OCH3 is 1. The highest BCUT2D eigenvalue weighted by Gasteiger charge is 2.17. The van der Waals surface area contributed by atoms with E-state index < -0.39 is 0 Å². The number of fused-ring (bicyclic) bond motifs is 3. The van der Waals surface area contributed by atoms with E-state index in [4.69, 9.17) is 16.3 Å². The molecular formula is C47H40ClF2N9O4. The summed E-state index contributed by atoms with van der Waals surface area (Å²) in [5, 5.41) is 0.630. The number of aromatic nitrogens is 9. The molecule has 0 atom stereocenters. The van der Waals surface area contributed by atoms with Gasteiger partial charge in [-0.1, -0.05) is 23.7 Å². The van der Waals surface area contributed by atoms with Crippen LogP contribution in [0.25, 0.3) is 67.3 Å². The van der Waals surface area contributed by atoms with Crippen molar-refractivity contribution in [1.29, 1.82) is 0 Å². The number of benzene rings is 3. The van der Waals surface area contributed by atoms with Gasteiger partial charge in [-0.2, -0.15) is 0 Å². The quantitative estimate of drug-likeness (QED) is 0.145. The van der Waals surface area contributed by atoms with Crippen LogP contribution in [-0.2, 0) is 17.8 Å². The van der Waals surface area contributed by atoms with Gasteiger partial charge in [-0.25, -0.2) is 38.7 Å². The van der Waals surface area contributed by atoms with E-state index in [0.717, 1.165) is 5.56 Å². The van der Waals surface area contributed by atoms with Gasteiger partial charge >= 0.3 is 0 Å². The molecule has 0 N–H and O–H groups in total. The molecule has 63 heavy (non-hydrogen) atoms. The van der Waals surface area contributed by atoms with Gasteiger partial charge in [0, 0.05) is 60.0 Å². The molecule has 0 aliphatic heterocycles. The first-order valence-corrected chi connectivity index (χ1v) is 20.2. The van der Waals surface area contributed by atoms with Gasteiger partial charge in [0.05, 0.1) is 13.2 Å². The van der Waals surface area contributed by atoms with Gasteiger partial charge in [-0.05, 0) is 118 Å². The number of ether oxygens (including phenoxy) is 1. The van der Waals surface area contributed by atoms with Crippen molar-refractivity contribution in [3.05, 3.63) is 176 Å². The van der Waals surface area contributed by atoms with Gasteiger partial charge in [0.15, 0.2) is 16.9 Å². The molecule has 0 radical (unpaired) electrons. The van der Waals surface area contributed by atoms with Crippen LogP contribution < -0.4 is 16.7 Å². The van der Waals surface area contributed by atoms with E-state index >= 15 is 0 Å². The molecule has 0 amide bonds. The van der Waals surface area contributed by atoms with Crippen LogP contribution >= 0.6 is 11.6 Å². The molecule has 0 spiro atoms. The minimum atomic E-state index is -0.356. The Hall–Kier alpha value is -7.36. The van der Waals surface area contributed by atoms with Crippen molar-refractivity contribution in [2.75, 3.05) is 13.7 Å². The zero-order valence-corrected chi connectivity index (χ0v) is 35.4. The molecule has 0 saturated carbocycles. The zero-order valence-electron chi connectivity index (χ0n) is 34.6. The average molecular weight is 868 g/mol. The summed E-state index contributed by atoms with van der Waals surface area (Å²) in [5.41, 5.74) is 5.94. The monoisotopic (exact) mass is 867 g/mol. The van der Waals surface area contributed by atoms with Crippen molar-refractivity contribution in [2.24, 2.45) is 0 Å². The van der Waals surface area contributed by atoms with Crippen LogP contribution in [0.15, 0.2) is 142 Å². The molecule has 0 fully saturated rings. The molecule has 0 bridgehead atoms. The van der Waals surface area contributed by atoms with Crippen molar-refractivity contribution < 1.29 is 13.5 Å². The van der Waals surface area contributed by atoms with Gasteiger partial charge in [-0.3, -0.25) is 28.1 Å². The standard InChI is InChI=1S/C16H14ClN3O.C16H14FN3O2.C15H12FN3O/c1-10(2)20-15-13(4-3-9-18-15)19-14(16(20)21)11-5-7-12(17)8-6-11;1-22-10-9-20-15-13(3-2-8-18-15)19-14(16(20)21)11-4-6-12(17)7-5-11;1-2-19-14-12(4-3-9-17-14)18-13(15(19)20)10-5-7-11(16)8-6-10/h3-10H,1-2H3;2-8H,9-10H2,1H3;3-9H,2H2,1H3. The van der Waals surface area contributed by atoms with Crippen LogP contribution in [0.3, 0.4) is 0 Å². The fourth-order valence-corrected chi connectivity index (χ4v) is 6.87. The molecule has 0 unspecified atom stereocenters. The van der Waals surface area contributed by atoms with Crippen LogP contribution in [-0.4, -0.2) is 57.3 Å². The summed E-state index contributed by atoms with van der Waals surface area (Å²) in [6.07, 6.45) is 4.92. The summed E-state index contributed by atoms with van der Waals surface area (Å²) in [6.45, 7) is 7.06. The summed E-state index contributed by atoms with van der Waals surface area (Å²) < 4.78 is 35.9. The molecular weight excluding hydrogens is 828 g/mol. The highest BCUT2D eigenvalue weighted by molar-refractivity contribution is 6.30. The third kappa shape index (κ3) is 9.59. The fourth-order valence-electron chi connectivity index (χ4n) is 6.74. The van der Waals surface area contributed by atoms with Crippen molar-refractivity contribution in [3.8, 4) is 33.8 Å². The maximum Gasteiger partial charge on any atom is 0.278 e. The first-order chi connectivity index (χ1) is 30.5. The van der Waals surface area contributed by atoms with Gasteiger partial charge in [0.2, 0.25) is 0 Å². The number of hydrogen-bond donors (Lipinski definition) is 0. The summed E-state index contributed by atoms with van der Waals surface area (Å²) in [6, 6.07) is 29.4. The Bertz CT molecular complexity index is 3230. The van der Waals surface area contributed by atoms with Crippen molar-refractivity contribution in [2.45, 2.75) is 39.9 Å². The number of pyridine rings is 3. The predicted octanol–water partition coefficient (Wildman–Crippen LogP) is 8.55. The molecule has 9 rings (SSSR count). The number of nitrogens with zero attached hydrogens (tertiary/aromatic N) is 9. The average Bonchev–Trinajstić information content (AvgIpc) is 3.29. The van der Waals surface area contributed by atoms with Gasteiger partial charge in [-0.15, -0.1) is 0 Å². The molecule has 318 valence electrons. The Kier molecular flexibility index (Phi) is 13.6. The first-order valence-electron chi connectivity index (χ1n) is 19.8. The number of rotatable bonds is 8. The van der Waals surface area contributed by atoms with Crippen molar-refractivity contribution in [3.63, 3.8) is 0 Å². The molecule has 13 nitrogen and oxygen atoms in total. The van der Waals surface area contributed by atoms with E-state index in [2.05, 4.69) is 29.9 Å². The Morgan fingerprint density at radius 3 is 1.41 bits per heavy atom. The van der Waals surface area contributed by atoms with Crippen LogP contribution in [0.4, 0.5) is 8.78 Å². The maximum absolute atomic E-state index is 13.1. The summed E-state index contributed by atoms with van der Waals surface area (Å²) in [4.78, 5) is 63.8. The SMILES string of the molecule is CC(C)n1c(=O)c(-c2ccc(Cl)cc2)nc2cccnc21.CCn1c(=O)c(-c2ccc(F)cc2)nc2cccnc21.COCCn1c(=O)c(-c2ccc(F)cc2)nc2cccnc21. The second-order valence-corrected chi connectivity index (χ2v) is 14.6. The lowest BCUT2D eigenvalue weighted by Gasteiger charge is -2.14. The van der Waals surface area contributed by atoms with Gasteiger partial charge < -0.3 is 4.74 Å². The lowest BCUT2D eigenvalue weighted by atomic mass is 10.1. The molecule has 3 aromatic carbocycles. The normalized spacial score (nSPS) is 11.0. The highest BCUT2D eigenvalue weighted by Crippen LogP contribution is 2.22. The Morgan fingerprint density at radius 2 is 0.968 bits per heavy atom. The molecule has 0 aliphatic rings. The maximum atomic E-state index is 13.1. The van der Waals surface area contributed by atoms with Gasteiger partial charge in [0.25, 0.3) is 16.7 Å². The van der Waals surface area contributed by atoms with Crippen LogP contribution in [0.1, 0.15) is 26.8 Å². The molecule has 9 aromatic rings. The summed E-state index contributed by atoms with van der Waals surface area (Å²) in [5.74, 6) is -0.696. The fraction of sp³-hybridized carbons (Fsp3) is 0.170. The zero-order chi connectivity index (χ0) is 44.6. The topological polar surface area (TPSA) is 153 Å². The highest BCUT2D eigenvalue weighted by atomic mass is 35.5. The minimum absolute atomic E-state index is 0.00366. The van der Waals surface area contributed by atoms with Crippen LogP contribution in [0.5, 0.6) is 0 Å². The van der Waals surface area contributed by atoms with Gasteiger partial charge in [0.1, 0.15) is 45.3 Å². The largest absolute Gasteiger partial charge is 0.383 e. The third-order valence-electron chi connectivity index (χ3n) is 9.76. The lowest BCUT2D eigenvalue weighted by molar-refractivity contribution is 0.187. The second kappa shape index (κ2) is 19.6. The Morgan fingerprint density at radius 1 is 0.571 bits per heavy atom. The van der Waals surface area contributed by atoms with Crippen LogP contribution in [0, 0.1) is 11.6 Å². The molecule has 6 heterocycles. The number of hydrogen-bond acceptors (Lipinski definition) is 10. The van der Waals surface area contributed by atoms with E-state index in [1.54, 1.807) is 108 Å².